The van der Waals surface area contributed by atoms with Gasteiger partial charge in [-0.2, -0.15) is 5.10 Å². The number of nitrogens with zero attached hydrogens (tertiary/aromatic N) is 9. The predicted molar refractivity (Wildman–Crippen MR) is 131 cm³/mol. The van der Waals surface area contributed by atoms with Crippen LogP contribution in [0.3, 0.4) is 0 Å². The highest BCUT2D eigenvalue weighted by molar-refractivity contribution is 5.78. The maximum atomic E-state index is 4.80. The quantitative estimate of drug-likeness (QED) is 0.312. The molecule has 0 aliphatic carbocycles. The molecule has 0 aliphatic rings. The second kappa shape index (κ2) is 11.2. The summed E-state index contributed by atoms with van der Waals surface area (Å²) in [5, 5.41) is 20.5. The third-order valence-corrected chi connectivity index (χ3v) is 5.52. The molecule has 0 fully saturated rings. The van der Waals surface area contributed by atoms with Crippen LogP contribution < -0.4 is 0 Å². The van der Waals surface area contributed by atoms with Crippen LogP contribution in [0, 0.1) is 0 Å². The van der Waals surface area contributed by atoms with Gasteiger partial charge in [0, 0.05) is 36.0 Å². The normalized spacial score (nSPS) is 10.9. The summed E-state index contributed by atoms with van der Waals surface area (Å²) in [5.74, 6) is 4.96. The molecule has 34 heavy (non-hydrogen) atoms. The summed E-state index contributed by atoms with van der Waals surface area (Å²) in [6, 6.07) is 11.9. The first-order valence-corrected chi connectivity index (χ1v) is 11.7. The van der Waals surface area contributed by atoms with Gasteiger partial charge in [0.2, 0.25) is 5.82 Å². The Balaban J connectivity index is 1.59. The Morgan fingerprint density at radius 3 is 2.53 bits per heavy atom. The van der Waals surface area contributed by atoms with Gasteiger partial charge in [0.1, 0.15) is 5.82 Å². The molecule has 0 N–H and O–H groups in total. The van der Waals surface area contributed by atoms with Crippen LogP contribution in [0.5, 0.6) is 0 Å². The van der Waals surface area contributed by atoms with Gasteiger partial charge in [-0.25, -0.2) is 9.67 Å². The lowest BCUT2D eigenvalue weighted by molar-refractivity contribution is 0.611. The third-order valence-electron chi connectivity index (χ3n) is 5.52. The van der Waals surface area contributed by atoms with Crippen LogP contribution in [-0.2, 0) is 19.4 Å². The molecule has 4 aromatic rings. The minimum Gasteiger partial charge on any atom is -0.256 e. The van der Waals surface area contributed by atoms with Crippen molar-refractivity contribution in [3.05, 3.63) is 66.4 Å². The van der Waals surface area contributed by atoms with Crippen molar-refractivity contribution in [1.82, 2.24) is 40.1 Å². The topological polar surface area (TPSA) is 99.6 Å². The van der Waals surface area contributed by atoms with Gasteiger partial charge in [-0.15, -0.1) is 15.0 Å². The van der Waals surface area contributed by atoms with Crippen molar-refractivity contribution in [3.8, 4) is 22.6 Å². The number of hydrogen-bond acceptors (Lipinski definition) is 7. The zero-order chi connectivity index (χ0) is 23.8. The fraction of sp³-hybridized carbons (Fsp3) is 0.360. The van der Waals surface area contributed by atoms with E-state index in [0.29, 0.717) is 12.4 Å². The van der Waals surface area contributed by atoms with Gasteiger partial charge in [0.25, 0.3) is 0 Å². The largest absolute Gasteiger partial charge is 0.256 e. The Morgan fingerprint density at radius 2 is 1.79 bits per heavy atom. The Hall–Kier alpha value is -3.97. The molecule has 0 atom stereocenters. The van der Waals surface area contributed by atoms with E-state index in [9.17, 15) is 0 Å². The highest BCUT2D eigenvalue weighted by atomic mass is 15.7. The smallest absolute Gasteiger partial charge is 0.208 e. The zero-order valence-electron chi connectivity index (χ0n) is 19.7. The van der Waals surface area contributed by atoms with Crippen LogP contribution in [-0.4, -0.2) is 45.9 Å². The van der Waals surface area contributed by atoms with Crippen LogP contribution >= 0.6 is 0 Å². The number of rotatable bonds is 11. The number of pyridine rings is 1. The molecule has 1 aromatic carbocycles. The molecule has 0 aliphatic heterocycles. The Kier molecular flexibility index (Phi) is 7.67. The average Bonchev–Trinajstić information content (AvgIpc) is 3.49. The number of aryl methyl sites for hydroxylation is 2. The molecule has 0 spiro atoms. The summed E-state index contributed by atoms with van der Waals surface area (Å²) >= 11 is 0. The van der Waals surface area contributed by atoms with E-state index in [4.69, 9.17) is 15.1 Å². The molecule has 0 radical (unpaired) electrons. The van der Waals surface area contributed by atoms with Crippen molar-refractivity contribution in [2.75, 3.05) is 0 Å². The molecule has 3 heterocycles. The standard InChI is InChI=1S/C25H29N9/c1-4-7-13-23-28-24(14-8-5-2)33(30-23)18-19-15-16-22(26-17-19)20-11-9-10-12-21(20)25-29-31-32-34(25)27-6-3/h9-12,15-17H,3-5,7-8,13-14,18H2,1-2H3. The summed E-state index contributed by atoms with van der Waals surface area (Å²) in [4.78, 5) is 10.8. The molecule has 4 rings (SSSR count). The number of aromatic nitrogens is 8. The molecule has 0 saturated carbocycles. The molecule has 3 aromatic heterocycles. The lowest BCUT2D eigenvalue weighted by Crippen LogP contribution is -2.07. The van der Waals surface area contributed by atoms with Gasteiger partial charge in [-0.3, -0.25) is 4.98 Å². The van der Waals surface area contributed by atoms with Crippen molar-refractivity contribution in [3.63, 3.8) is 0 Å². The van der Waals surface area contributed by atoms with Gasteiger partial charge < -0.3 is 0 Å². The van der Waals surface area contributed by atoms with Gasteiger partial charge in [-0.05, 0) is 41.5 Å². The third kappa shape index (κ3) is 5.32. The maximum Gasteiger partial charge on any atom is 0.208 e. The maximum absolute atomic E-state index is 4.80. The number of hydrogen-bond donors (Lipinski definition) is 0. The number of unbranched alkanes of at least 4 members (excludes halogenated alkanes) is 2. The number of benzene rings is 1. The Labute approximate surface area is 199 Å². The van der Waals surface area contributed by atoms with Crippen LogP contribution in [0.15, 0.2) is 54.3 Å². The van der Waals surface area contributed by atoms with Crippen LogP contribution in [0.2, 0.25) is 0 Å². The first-order valence-electron chi connectivity index (χ1n) is 11.7. The highest BCUT2D eigenvalue weighted by Gasteiger charge is 2.15. The molecular weight excluding hydrogens is 426 g/mol. The molecule has 0 unspecified atom stereocenters. The van der Waals surface area contributed by atoms with E-state index in [1.165, 1.54) is 4.79 Å². The van der Waals surface area contributed by atoms with Crippen molar-refractivity contribution >= 4 is 5.87 Å². The summed E-state index contributed by atoms with van der Waals surface area (Å²) < 4.78 is 2.03. The lowest BCUT2D eigenvalue weighted by Gasteiger charge is -2.09. The monoisotopic (exact) mass is 455 g/mol. The van der Waals surface area contributed by atoms with Crippen LogP contribution in [0.4, 0.5) is 0 Å². The Morgan fingerprint density at radius 1 is 1.00 bits per heavy atom. The molecule has 0 bridgehead atoms. The van der Waals surface area contributed by atoms with E-state index in [2.05, 4.69) is 53.0 Å². The van der Waals surface area contributed by atoms with Crippen molar-refractivity contribution in [1.29, 1.82) is 0 Å². The van der Waals surface area contributed by atoms with Gasteiger partial charge >= 0.3 is 0 Å². The average molecular weight is 456 g/mol. The van der Waals surface area contributed by atoms with E-state index in [1.54, 1.807) is 0 Å². The van der Waals surface area contributed by atoms with E-state index < -0.39 is 0 Å². The number of tetrazole rings is 1. The zero-order valence-corrected chi connectivity index (χ0v) is 19.7. The van der Waals surface area contributed by atoms with Crippen LogP contribution in [0.25, 0.3) is 22.6 Å². The first-order chi connectivity index (χ1) is 16.7. The van der Waals surface area contributed by atoms with Gasteiger partial charge in [-0.1, -0.05) is 57.0 Å². The molecule has 9 nitrogen and oxygen atoms in total. The van der Waals surface area contributed by atoms with Crippen molar-refractivity contribution < 1.29 is 0 Å². The minimum atomic E-state index is 0.500. The minimum absolute atomic E-state index is 0.500. The van der Waals surface area contributed by atoms with Crippen molar-refractivity contribution in [2.24, 2.45) is 5.10 Å². The second-order valence-electron chi connectivity index (χ2n) is 8.06. The summed E-state index contributed by atoms with van der Waals surface area (Å²) in [6.07, 6.45) is 8.24. The van der Waals surface area contributed by atoms with E-state index >= 15 is 0 Å². The molecule has 0 saturated heterocycles. The highest BCUT2D eigenvalue weighted by Crippen LogP contribution is 2.29. The van der Waals surface area contributed by atoms with E-state index in [1.807, 2.05) is 41.2 Å². The molecule has 174 valence electrons. The van der Waals surface area contributed by atoms with E-state index in [0.717, 1.165) is 72.6 Å². The fourth-order valence-electron chi connectivity index (χ4n) is 3.74. The molecule has 0 amide bonds. The predicted octanol–water partition coefficient (Wildman–Crippen LogP) is 4.35. The summed E-state index contributed by atoms with van der Waals surface area (Å²) in [5.41, 5.74) is 3.64. The molecular formula is C25H29N9. The Bertz CT molecular complexity index is 1260. The SMILES string of the molecule is C=C=Nn1nnnc1-c1ccccc1-c1ccc(Cn2nc(CCCC)nc2CCCC)cn1. The van der Waals surface area contributed by atoms with Crippen molar-refractivity contribution in [2.45, 2.75) is 58.9 Å². The fourth-order valence-corrected chi connectivity index (χ4v) is 3.74. The van der Waals surface area contributed by atoms with Crippen LogP contribution in [0.1, 0.15) is 56.7 Å². The molecule has 9 heteroatoms. The van der Waals surface area contributed by atoms with E-state index in [-0.39, 0.29) is 0 Å². The van der Waals surface area contributed by atoms with Gasteiger partial charge in [0.05, 0.1) is 12.2 Å². The second-order valence-corrected chi connectivity index (χ2v) is 8.06. The van der Waals surface area contributed by atoms with Gasteiger partial charge in [0.15, 0.2) is 5.82 Å². The summed E-state index contributed by atoms with van der Waals surface area (Å²) in [7, 11) is 0. The first kappa shape index (κ1) is 23.2. The summed E-state index contributed by atoms with van der Waals surface area (Å²) in [6.45, 7) is 8.54. The lowest BCUT2D eigenvalue weighted by atomic mass is 10.0.